The molecule has 3 rings (SSSR count). The minimum atomic E-state index is -2.70. The van der Waals surface area contributed by atoms with E-state index in [1.54, 1.807) is 81.6 Å². The number of ether oxygens (including phenoxy) is 1. The van der Waals surface area contributed by atoms with Crippen molar-refractivity contribution in [3.05, 3.63) is 64.9 Å². The topological polar surface area (TPSA) is 65.0 Å². The number of halogens is 1. The Labute approximate surface area is 165 Å². The van der Waals surface area contributed by atoms with Gasteiger partial charge in [0.2, 0.25) is 0 Å². The summed E-state index contributed by atoms with van der Waals surface area (Å²) in [5, 5.41) is 0.603. The van der Waals surface area contributed by atoms with Crippen LogP contribution in [0.2, 0.25) is 5.02 Å². The summed E-state index contributed by atoms with van der Waals surface area (Å²) in [4.78, 5) is 14.8. The van der Waals surface area contributed by atoms with Gasteiger partial charge in [-0.15, -0.1) is 0 Å². The Morgan fingerprint density at radius 1 is 1.19 bits per heavy atom. The second-order valence-electron chi connectivity index (χ2n) is 7.23. The Balaban J connectivity index is 2.16. The summed E-state index contributed by atoms with van der Waals surface area (Å²) in [6.45, 7) is 5.39. The molecular formula is C20H21ClN2O3S. The molecule has 1 heterocycles. The number of nitrogens with zero attached hydrogens (tertiary/aromatic N) is 2. The Morgan fingerprint density at radius 2 is 1.81 bits per heavy atom. The van der Waals surface area contributed by atoms with Crippen molar-refractivity contribution in [2.75, 3.05) is 11.2 Å². The maximum Gasteiger partial charge on any atom is 0.420 e. The average Bonchev–Trinajstić information content (AvgIpc) is 2.55. The minimum absolute atomic E-state index is 0.262. The molecule has 0 saturated heterocycles. The van der Waals surface area contributed by atoms with E-state index >= 15 is 0 Å². The first-order valence-electron chi connectivity index (χ1n) is 8.38. The normalized spacial score (nSPS) is 20.8. The molecule has 0 radical (unpaired) electrons. The summed E-state index contributed by atoms with van der Waals surface area (Å²) in [6, 6.07) is 14.1. The van der Waals surface area contributed by atoms with Crippen LogP contribution in [0.15, 0.2) is 63.6 Å². The van der Waals surface area contributed by atoms with Crippen molar-refractivity contribution in [1.29, 1.82) is 0 Å². The van der Waals surface area contributed by atoms with Gasteiger partial charge in [-0.3, -0.25) is 0 Å². The fraction of sp³-hybridized carbons (Fsp3) is 0.250. The van der Waals surface area contributed by atoms with Gasteiger partial charge in [0.15, 0.2) is 10.7 Å². The molecule has 1 aliphatic rings. The molecule has 0 spiro atoms. The monoisotopic (exact) mass is 404 g/mol. The van der Waals surface area contributed by atoms with Gasteiger partial charge in [-0.25, -0.2) is 9.69 Å². The molecule has 1 atom stereocenters. The van der Waals surface area contributed by atoms with E-state index in [4.69, 9.17) is 16.3 Å². The van der Waals surface area contributed by atoms with Crippen LogP contribution < -0.4 is 4.90 Å². The second-order valence-corrected chi connectivity index (χ2v) is 9.90. The van der Waals surface area contributed by atoms with Gasteiger partial charge in [-0.1, -0.05) is 40.2 Å². The van der Waals surface area contributed by atoms with E-state index in [0.29, 0.717) is 15.6 Å². The van der Waals surface area contributed by atoms with Crippen LogP contribution in [0.4, 0.5) is 10.5 Å². The molecule has 142 valence electrons. The molecule has 1 aliphatic heterocycles. The molecule has 0 bridgehead atoms. The molecule has 1 unspecified atom stereocenters. The van der Waals surface area contributed by atoms with E-state index < -0.39 is 21.8 Å². The van der Waals surface area contributed by atoms with Crippen molar-refractivity contribution in [1.82, 2.24) is 0 Å². The van der Waals surface area contributed by atoms with Gasteiger partial charge in [0.05, 0.1) is 6.26 Å². The van der Waals surface area contributed by atoms with Crippen molar-refractivity contribution >= 4 is 39.6 Å². The number of rotatable bonds is 1. The van der Waals surface area contributed by atoms with Crippen molar-refractivity contribution in [3.63, 3.8) is 0 Å². The number of fused-ring (bicyclic) bond motifs is 1. The zero-order valence-electron chi connectivity index (χ0n) is 15.6. The Hall–Kier alpha value is -2.15. The first-order valence-corrected chi connectivity index (χ1v) is 10.7. The predicted octanol–water partition coefficient (Wildman–Crippen LogP) is 5.55. The summed E-state index contributed by atoms with van der Waals surface area (Å²) in [6.07, 6.45) is 2.68. The lowest BCUT2D eigenvalue weighted by atomic mass is 10.2. The lowest BCUT2D eigenvalue weighted by Crippen LogP contribution is -2.39. The summed E-state index contributed by atoms with van der Waals surface area (Å²) in [7, 11) is -2.70. The molecule has 5 nitrogen and oxygen atoms in total. The highest BCUT2D eigenvalue weighted by atomic mass is 35.5. The van der Waals surface area contributed by atoms with E-state index in [1.807, 2.05) is 0 Å². The Kier molecular flexibility index (Phi) is 5.16. The minimum Gasteiger partial charge on any atom is -0.626 e. The van der Waals surface area contributed by atoms with Crippen LogP contribution in [0, 0.1) is 0 Å². The molecule has 0 fully saturated rings. The maximum absolute atomic E-state index is 13.1. The van der Waals surface area contributed by atoms with Crippen LogP contribution in [-0.2, 0) is 14.8 Å². The summed E-state index contributed by atoms with van der Waals surface area (Å²) in [5.74, 6) is 0.262. The predicted molar refractivity (Wildman–Crippen MR) is 109 cm³/mol. The molecule has 0 saturated carbocycles. The van der Waals surface area contributed by atoms with Gasteiger partial charge in [0.1, 0.15) is 11.3 Å². The van der Waals surface area contributed by atoms with Crippen LogP contribution in [0.25, 0.3) is 6.08 Å². The van der Waals surface area contributed by atoms with Crippen LogP contribution >= 0.6 is 11.6 Å². The number of para-hydroxylation sites is 1. The van der Waals surface area contributed by atoms with E-state index in [-0.39, 0.29) is 5.82 Å². The van der Waals surface area contributed by atoms with Crippen LogP contribution in [0.1, 0.15) is 26.3 Å². The molecular weight excluding hydrogens is 384 g/mol. The van der Waals surface area contributed by atoms with Crippen molar-refractivity contribution in [2.45, 2.75) is 31.3 Å². The number of carbonyl (C=O) groups excluding carboxylic acids is 1. The lowest BCUT2D eigenvalue weighted by Gasteiger charge is -2.33. The quantitative estimate of drug-likeness (QED) is 0.585. The highest BCUT2D eigenvalue weighted by Gasteiger charge is 2.36. The first kappa shape index (κ1) is 19.6. The molecule has 0 aliphatic carbocycles. The third kappa shape index (κ3) is 4.40. The standard InChI is InChI=1S/C20H21ClN2O3S/c1-20(2,3)26-19(24)23-16-7-5-6-8-17(16)27(4,25)22-18(23)13-14-9-11-15(21)12-10-14/h5-13H,1-4H3/b18-13+. The zero-order valence-corrected chi connectivity index (χ0v) is 17.2. The highest BCUT2D eigenvalue weighted by molar-refractivity contribution is 7.99. The van der Waals surface area contributed by atoms with Crippen molar-refractivity contribution in [2.24, 2.45) is 4.36 Å². The van der Waals surface area contributed by atoms with Crippen molar-refractivity contribution in [3.8, 4) is 0 Å². The molecule has 2 aromatic carbocycles. The first-order chi connectivity index (χ1) is 12.6. The number of hydrogen-bond donors (Lipinski definition) is 0. The fourth-order valence-electron chi connectivity index (χ4n) is 2.65. The lowest BCUT2D eigenvalue weighted by molar-refractivity contribution is 0.0591. The fourth-order valence-corrected chi connectivity index (χ4v) is 4.25. The summed E-state index contributed by atoms with van der Waals surface area (Å²) >= 11 is 5.94. The Bertz CT molecular complexity index is 956. The third-order valence-corrected chi connectivity index (χ3v) is 5.70. The zero-order chi connectivity index (χ0) is 19.8. The smallest absolute Gasteiger partial charge is 0.420 e. The van der Waals surface area contributed by atoms with E-state index in [0.717, 1.165) is 5.56 Å². The van der Waals surface area contributed by atoms with Gasteiger partial charge in [-0.05, 0) is 66.8 Å². The number of hydrogen-bond acceptors (Lipinski definition) is 4. The molecule has 0 aromatic heterocycles. The molecule has 0 N–H and O–H groups in total. The van der Waals surface area contributed by atoms with E-state index in [2.05, 4.69) is 4.36 Å². The van der Waals surface area contributed by atoms with Gasteiger partial charge in [-0.2, -0.15) is 0 Å². The highest BCUT2D eigenvalue weighted by Crippen LogP contribution is 2.38. The van der Waals surface area contributed by atoms with E-state index in [1.165, 1.54) is 4.90 Å². The Morgan fingerprint density at radius 3 is 2.44 bits per heavy atom. The van der Waals surface area contributed by atoms with Crippen molar-refractivity contribution < 1.29 is 14.1 Å². The second kappa shape index (κ2) is 7.11. The molecule has 7 heteroatoms. The molecule has 2 aromatic rings. The number of anilines is 1. The largest absolute Gasteiger partial charge is 0.626 e. The van der Waals surface area contributed by atoms with E-state index in [9.17, 15) is 9.35 Å². The van der Waals surface area contributed by atoms with Gasteiger partial charge in [0.25, 0.3) is 0 Å². The molecule has 27 heavy (non-hydrogen) atoms. The van der Waals surface area contributed by atoms with Gasteiger partial charge >= 0.3 is 6.09 Å². The molecule has 1 amide bonds. The van der Waals surface area contributed by atoms with Gasteiger partial charge < -0.3 is 9.29 Å². The van der Waals surface area contributed by atoms with Gasteiger partial charge in [0, 0.05) is 5.02 Å². The maximum atomic E-state index is 13.1. The number of amides is 1. The number of carbonyl (C=O) groups is 1. The van der Waals surface area contributed by atoms with Crippen LogP contribution in [0.3, 0.4) is 0 Å². The summed E-state index contributed by atoms with van der Waals surface area (Å²) in [5.41, 5.74) is 0.610. The number of benzene rings is 2. The third-order valence-electron chi connectivity index (χ3n) is 3.75. The average molecular weight is 405 g/mol. The summed E-state index contributed by atoms with van der Waals surface area (Å²) < 4.78 is 23.1. The van der Waals surface area contributed by atoms with Crippen LogP contribution in [-0.4, -0.2) is 22.5 Å². The SMILES string of the molecule is CC(C)(C)OC(=O)N1/C(=C/c2ccc(Cl)cc2)N=[S+](C)([O-])c2ccccc21. The van der Waals surface area contributed by atoms with Crippen LogP contribution in [0.5, 0.6) is 0 Å².